The SMILES string of the molecule is CN=C(NC1CC1c1ccccc1)N1CCN(c2ccccn2)CC1. The molecule has 0 spiro atoms. The third-order valence-corrected chi connectivity index (χ3v) is 5.10. The first-order valence-electron chi connectivity index (χ1n) is 9.04. The van der Waals surface area contributed by atoms with Crippen LogP contribution in [-0.4, -0.2) is 55.1 Å². The predicted octanol–water partition coefficient (Wildman–Crippen LogP) is 2.34. The lowest BCUT2D eigenvalue weighted by Gasteiger charge is -2.37. The molecule has 2 heterocycles. The summed E-state index contributed by atoms with van der Waals surface area (Å²) in [4.78, 5) is 13.7. The molecule has 1 aliphatic heterocycles. The van der Waals surface area contributed by atoms with Gasteiger partial charge in [0.25, 0.3) is 0 Å². The monoisotopic (exact) mass is 335 g/mol. The minimum absolute atomic E-state index is 0.509. The summed E-state index contributed by atoms with van der Waals surface area (Å²) in [6.07, 6.45) is 3.05. The van der Waals surface area contributed by atoms with Gasteiger partial charge >= 0.3 is 0 Å². The van der Waals surface area contributed by atoms with E-state index < -0.39 is 0 Å². The van der Waals surface area contributed by atoms with Gasteiger partial charge in [-0.3, -0.25) is 4.99 Å². The molecule has 2 atom stereocenters. The van der Waals surface area contributed by atoms with Crippen LogP contribution in [-0.2, 0) is 0 Å². The van der Waals surface area contributed by atoms with Crippen molar-refractivity contribution in [1.29, 1.82) is 0 Å². The molecule has 4 rings (SSSR count). The number of pyridine rings is 1. The van der Waals surface area contributed by atoms with Crippen molar-refractivity contribution in [2.75, 3.05) is 38.1 Å². The molecule has 5 nitrogen and oxygen atoms in total. The fourth-order valence-electron chi connectivity index (χ4n) is 3.57. The number of aromatic nitrogens is 1. The molecular weight excluding hydrogens is 310 g/mol. The molecule has 1 saturated heterocycles. The number of benzene rings is 1. The van der Waals surface area contributed by atoms with Crippen molar-refractivity contribution in [3.8, 4) is 0 Å². The Morgan fingerprint density at radius 1 is 1.04 bits per heavy atom. The summed E-state index contributed by atoms with van der Waals surface area (Å²) >= 11 is 0. The van der Waals surface area contributed by atoms with E-state index in [-0.39, 0.29) is 0 Å². The summed E-state index contributed by atoms with van der Waals surface area (Å²) in [6.45, 7) is 3.90. The van der Waals surface area contributed by atoms with Crippen molar-refractivity contribution >= 4 is 11.8 Å². The minimum atomic E-state index is 0.509. The molecule has 1 aromatic carbocycles. The quantitative estimate of drug-likeness (QED) is 0.691. The molecule has 2 aromatic rings. The Labute approximate surface area is 149 Å². The highest BCUT2D eigenvalue weighted by Crippen LogP contribution is 2.40. The van der Waals surface area contributed by atoms with Crippen LogP contribution in [0.1, 0.15) is 17.9 Å². The summed E-state index contributed by atoms with van der Waals surface area (Å²) in [7, 11) is 1.88. The first-order chi connectivity index (χ1) is 12.3. The van der Waals surface area contributed by atoms with Gasteiger partial charge in [0.1, 0.15) is 5.82 Å². The normalized spacial score (nSPS) is 23.5. The molecule has 0 amide bonds. The van der Waals surface area contributed by atoms with E-state index in [1.54, 1.807) is 0 Å². The van der Waals surface area contributed by atoms with Crippen LogP contribution >= 0.6 is 0 Å². The second-order valence-electron chi connectivity index (χ2n) is 6.71. The van der Waals surface area contributed by atoms with Gasteiger partial charge in [0.2, 0.25) is 0 Å². The molecule has 0 radical (unpaired) electrons. The maximum Gasteiger partial charge on any atom is 0.194 e. The van der Waals surface area contributed by atoms with Gasteiger partial charge in [-0.1, -0.05) is 36.4 Å². The van der Waals surface area contributed by atoms with Gasteiger partial charge in [0.05, 0.1) is 0 Å². The van der Waals surface area contributed by atoms with Crippen LogP contribution in [0, 0.1) is 0 Å². The van der Waals surface area contributed by atoms with Gasteiger partial charge < -0.3 is 15.1 Å². The molecule has 2 unspecified atom stereocenters. The van der Waals surface area contributed by atoms with E-state index >= 15 is 0 Å². The molecule has 5 heteroatoms. The summed E-state index contributed by atoms with van der Waals surface area (Å²) in [5, 5.41) is 3.66. The zero-order valence-electron chi connectivity index (χ0n) is 14.7. The molecule has 1 N–H and O–H groups in total. The van der Waals surface area contributed by atoms with Crippen LogP contribution in [0.4, 0.5) is 5.82 Å². The van der Waals surface area contributed by atoms with Gasteiger partial charge in [-0.05, 0) is 24.1 Å². The van der Waals surface area contributed by atoms with E-state index in [1.165, 1.54) is 12.0 Å². The number of nitrogens with zero attached hydrogens (tertiary/aromatic N) is 4. The van der Waals surface area contributed by atoms with Crippen molar-refractivity contribution in [3.63, 3.8) is 0 Å². The van der Waals surface area contributed by atoms with Crippen molar-refractivity contribution in [1.82, 2.24) is 15.2 Å². The van der Waals surface area contributed by atoms with Gasteiger partial charge in [-0.2, -0.15) is 0 Å². The molecule has 1 aliphatic carbocycles. The van der Waals surface area contributed by atoms with Gasteiger partial charge in [0, 0.05) is 51.4 Å². The molecule has 2 fully saturated rings. The third-order valence-electron chi connectivity index (χ3n) is 5.10. The summed E-state index contributed by atoms with van der Waals surface area (Å²) in [5.74, 6) is 2.72. The highest BCUT2D eigenvalue weighted by Gasteiger charge is 2.39. The van der Waals surface area contributed by atoms with E-state index in [2.05, 4.69) is 61.5 Å². The first-order valence-corrected chi connectivity index (χ1v) is 9.04. The van der Waals surface area contributed by atoms with Crippen LogP contribution in [0.2, 0.25) is 0 Å². The van der Waals surface area contributed by atoms with Crippen molar-refractivity contribution < 1.29 is 0 Å². The van der Waals surface area contributed by atoms with Gasteiger partial charge in [-0.15, -0.1) is 0 Å². The maximum absolute atomic E-state index is 4.52. The molecular formula is C20H25N5. The maximum atomic E-state index is 4.52. The largest absolute Gasteiger partial charge is 0.353 e. The highest BCUT2D eigenvalue weighted by atomic mass is 15.4. The Morgan fingerprint density at radius 3 is 2.48 bits per heavy atom. The van der Waals surface area contributed by atoms with Crippen LogP contribution in [0.3, 0.4) is 0 Å². The number of nitrogens with one attached hydrogen (secondary N) is 1. The predicted molar refractivity (Wildman–Crippen MR) is 102 cm³/mol. The second-order valence-corrected chi connectivity index (χ2v) is 6.71. The lowest BCUT2D eigenvalue weighted by molar-refractivity contribution is 0.371. The van der Waals surface area contributed by atoms with Crippen molar-refractivity contribution in [2.24, 2.45) is 4.99 Å². The molecule has 25 heavy (non-hydrogen) atoms. The fraction of sp³-hybridized carbons (Fsp3) is 0.400. The van der Waals surface area contributed by atoms with Crippen LogP contribution in [0.5, 0.6) is 0 Å². The second kappa shape index (κ2) is 7.13. The number of hydrogen-bond donors (Lipinski definition) is 1. The Bertz CT molecular complexity index is 707. The van der Waals surface area contributed by atoms with Crippen molar-refractivity contribution in [2.45, 2.75) is 18.4 Å². The van der Waals surface area contributed by atoms with Gasteiger partial charge in [0.15, 0.2) is 5.96 Å². The zero-order chi connectivity index (χ0) is 17.1. The number of piperazine rings is 1. The van der Waals surface area contributed by atoms with E-state index in [4.69, 9.17) is 0 Å². The average Bonchev–Trinajstić information content (AvgIpc) is 3.47. The number of guanidine groups is 1. The Morgan fingerprint density at radius 2 is 1.80 bits per heavy atom. The Kier molecular flexibility index (Phi) is 4.55. The number of rotatable bonds is 3. The lowest BCUT2D eigenvalue weighted by Crippen LogP contribution is -2.53. The minimum Gasteiger partial charge on any atom is -0.353 e. The number of anilines is 1. The number of aliphatic imine (C=N–C) groups is 1. The molecule has 2 aliphatic rings. The molecule has 1 aromatic heterocycles. The Hall–Kier alpha value is -2.56. The average molecular weight is 335 g/mol. The Balaban J connectivity index is 1.31. The smallest absolute Gasteiger partial charge is 0.194 e. The van der Waals surface area contributed by atoms with E-state index in [9.17, 15) is 0 Å². The highest BCUT2D eigenvalue weighted by molar-refractivity contribution is 5.81. The molecule has 130 valence electrons. The standard InChI is InChI=1S/C20H25N5/c1-21-20(23-18-15-17(18)16-7-3-2-4-8-16)25-13-11-24(12-14-25)19-9-5-6-10-22-19/h2-10,17-18H,11-15H2,1H3,(H,21,23). The topological polar surface area (TPSA) is 43.8 Å². The molecule has 0 bridgehead atoms. The number of hydrogen-bond acceptors (Lipinski definition) is 3. The van der Waals surface area contributed by atoms with Crippen LogP contribution in [0.15, 0.2) is 59.7 Å². The molecule has 1 saturated carbocycles. The summed E-state index contributed by atoms with van der Waals surface area (Å²) in [6, 6.07) is 17.4. The van der Waals surface area contributed by atoms with Crippen molar-refractivity contribution in [3.05, 3.63) is 60.3 Å². The van der Waals surface area contributed by atoms with Crippen LogP contribution < -0.4 is 10.2 Å². The van der Waals surface area contributed by atoms with Gasteiger partial charge in [-0.25, -0.2) is 4.98 Å². The first kappa shape index (κ1) is 15.9. The zero-order valence-corrected chi connectivity index (χ0v) is 14.7. The van der Waals surface area contributed by atoms with E-state index in [0.29, 0.717) is 12.0 Å². The summed E-state index contributed by atoms with van der Waals surface area (Å²) in [5.41, 5.74) is 1.43. The summed E-state index contributed by atoms with van der Waals surface area (Å²) < 4.78 is 0. The van der Waals surface area contributed by atoms with Crippen LogP contribution in [0.25, 0.3) is 0 Å². The fourth-order valence-corrected chi connectivity index (χ4v) is 3.57. The third kappa shape index (κ3) is 3.60. The van der Waals surface area contributed by atoms with E-state index in [1.807, 2.05) is 25.4 Å². The lowest BCUT2D eigenvalue weighted by atomic mass is 10.1. The van der Waals surface area contributed by atoms with E-state index in [0.717, 1.165) is 38.0 Å².